The summed E-state index contributed by atoms with van der Waals surface area (Å²) in [4.78, 5) is 28.1. The number of carbonyl (C=O) groups excluding carboxylic acids is 2. The lowest BCUT2D eigenvalue weighted by Crippen LogP contribution is -2.52. The minimum atomic E-state index is -3.74. The van der Waals surface area contributed by atoms with Crippen LogP contribution < -0.4 is 9.62 Å². The van der Waals surface area contributed by atoms with Gasteiger partial charge in [-0.25, -0.2) is 8.42 Å². The molecule has 0 radical (unpaired) electrons. The first-order valence-electron chi connectivity index (χ1n) is 11.7. The molecular formula is C26H37N3O4S. The number of nitrogens with one attached hydrogen (secondary N) is 1. The van der Waals surface area contributed by atoms with Crippen molar-refractivity contribution in [2.24, 2.45) is 0 Å². The summed E-state index contributed by atoms with van der Waals surface area (Å²) in [6.07, 6.45) is 2.28. The van der Waals surface area contributed by atoms with Crippen LogP contribution in [0.4, 0.5) is 5.69 Å². The molecule has 0 fully saturated rings. The van der Waals surface area contributed by atoms with E-state index in [9.17, 15) is 18.0 Å². The van der Waals surface area contributed by atoms with Crippen LogP contribution in [0.3, 0.4) is 0 Å². The maximum absolute atomic E-state index is 13.7. The van der Waals surface area contributed by atoms with Gasteiger partial charge >= 0.3 is 0 Å². The van der Waals surface area contributed by atoms with Crippen molar-refractivity contribution in [3.63, 3.8) is 0 Å². The second-order valence-corrected chi connectivity index (χ2v) is 10.6. The van der Waals surface area contributed by atoms with E-state index >= 15 is 0 Å². The lowest BCUT2D eigenvalue weighted by atomic mass is 10.1. The predicted octanol–water partition coefficient (Wildman–Crippen LogP) is 3.71. The highest BCUT2D eigenvalue weighted by Gasteiger charge is 2.31. The zero-order valence-corrected chi connectivity index (χ0v) is 21.9. The van der Waals surface area contributed by atoms with Crippen molar-refractivity contribution < 1.29 is 18.0 Å². The number of rotatable bonds is 11. The van der Waals surface area contributed by atoms with E-state index in [1.807, 2.05) is 65.0 Å². The first-order valence-corrected chi connectivity index (χ1v) is 13.5. The van der Waals surface area contributed by atoms with Crippen molar-refractivity contribution in [3.8, 4) is 0 Å². The summed E-state index contributed by atoms with van der Waals surface area (Å²) in [5, 5.41) is 2.88. The molecule has 2 aromatic carbocycles. The van der Waals surface area contributed by atoms with Crippen LogP contribution in [0.5, 0.6) is 0 Å². The molecule has 0 aliphatic carbocycles. The van der Waals surface area contributed by atoms with E-state index in [1.54, 1.807) is 12.1 Å². The minimum absolute atomic E-state index is 0.216. The summed E-state index contributed by atoms with van der Waals surface area (Å²) < 4.78 is 26.5. The van der Waals surface area contributed by atoms with Crippen LogP contribution in [-0.4, -0.2) is 50.5 Å². The summed E-state index contributed by atoms with van der Waals surface area (Å²) in [5.41, 5.74) is 4.30. The number of benzene rings is 2. The van der Waals surface area contributed by atoms with Gasteiger partial charge in [0.05, 0.1) is 11.9 Å². The number of hydrogen-bond donors (Lipinski definition) is 1. The molecule has 2 rings (SSSR count). The molecule has 0 aliphatic heterocycles. The Morgan fingerprint density at radius 1 is 0.971 bits per heavy atom. The molecule has 0 saturated carbocycles. The van der Waals surface area contributed by atoms with E-state index in [-0.39, 0.29) is 19.0 Å². The zero-order chi connectivity index (χ0) is 25.5. The van der Waals surface area contributed by atoms with Crippen molar-refractivity contribution in [2.45, 2.75) is 60.0 Å². The fraction of sp³-hybridized carbons (Fsp3) is 0.462. The van der Waals surface area contributed by atoms with Crippen LogP contribution in [0.1, 0.15) is 48.9 Å². The molecule has 0 heterocycles. The van der Waals surface area contributed by atoms with Gasteiger partial charge in [0.1, 0.15) is 12.6 Å². The fourth-order valence-electron chi connectivity index (χ4n) is 3.75. The van der Waals surface area contributed by atoms with Crippen LogP contribution in [0.15, 0.2) is 42.5 Å². The van der Waals surface area contributed by atoms with Gasteiger partial charge in [0.15, 0.2) is 0 Å². The number of sulfonamides is 1. The minimum Gasteiger partial charge on any atom is -0.354 e. The molecule has 0 saturated heterocycles. The van der Waals surface area contributed by atoms with Crippen molar-refractivity contribution in [1.29, 1.82) is 0 Å². The summed E-state index contributed by atoms with van der Waals surface area (Å²) in [6.45, 7) is 9.96. The van der Waals surface area contributed by atoms with Gasteiger partial charge in [0, 0.05) is 13.1 Å². The first-order chi connectivity index (χ1) is 16.0. The van der Waals surface area contributed by atoms with Gasteiger partial charge in [0.2, 0.25) is 21.8 Å². The van der Waals surface area contributed by atoms with Crippen LogP contribution in [0, 0.1) is 20.8 Å². The Morgan fingerprint density at radius 2 is 1.65 bits per heavy atom. The maximum atomic E-state index is 13.7. The molecule has 8 heteroatoms. The fourth-order valence-corrected chi connectivity index (χ4v) is 4.59. The predicted molar refractivity (Wildman–Crippen MR) is 137 cm³/mol. The molecule has 186 valence electrons. The number of carbonyl (C=O) groups is 2. The van der Waals surface area contributed by atoms with Gasteiger partial charge < -0.3 is 10.2 Å². The summed E-state index contributed by atoms with van der Waals surface area (Å²) in [6, 6.07) is 12.3. The van der Waals surface area contributed by atoms with Crippen LogP contribution in [-0.2, 0) is 26.2 Å². The van der Waals surface area contributed by atoms with E-state index in [1.165, 1.54) is 4.90 Å². The molecule has 0 aromatic heterocycles. The molecule has 34 heavy (non-hydrogen) atoms. The quantitative estimate of drug-likeness (QED) is 0.523. The number of nitrogens with zero attached hydrogens (tertiary/aromatic N) is 2. The van der Waals surface area contributed by atoms with Gasteiger partial charge in [-0.1, -0.05) is 44.2 Å². The molecule has 1 N–H and O–H groups in total. The highest BCUT2D eigenvalue weighted by molar-refractivity contribution is 7.92. The topological polar surface area (TPSA) is 86.8 Å². The second-order valence-electron chi connectivity index (χ2n) is 8.70. The number of anilines is 1. The van der Waals surface area contributed by atoms with E-state index < -0.39 is 22.0 Å². The van der Waals surface area contributed by atoms with Crippen molar-refractivity contribution in [1.82, 2.24) is 10.2 Å². The van der Waals surface area contributed by atoms with Crippen molar-refractivity contribution in [3.05, 3.63) is 64.7 Å². The van der Waals surface area contributed by atoms with E-state index in [0.717, 1.165) is 39.2 Å². The SMILES string of the molecule is CCCNC(=O)C(CC)N(Cc1ccccc1C)C(=O)CN(c1ccc(C)c(C)c1)S(C)(=O)=O. The third-order valence-corrected chi connectivity index (χ3v) is 7.14. The summed E-state index contributed by atoms with van der Waals surface area (Å²) >= 11 is 0. The Balaban J connectivity index is 2.46. The molecule has 1 unspecified atom stereocenters. The largest absolute Gasteiger partial charge is 0.354 e. The Hall–Kier alpha value is -2.87. The lowest BCUT2D eigenvalue weighted by molar-refractivity contribution is -0.140. The Morgan fingerprint density at radius 3 is 2.21 bits per heavy atom. The summed E-state index contributed by atoms with van der Waals surface area (Å²) in [7, 11) is -3.74. The van der Waals surface area contributed by atoms with Crippen LogP contribution >= 0.6 is 0 Å². The zero-order valence-electron chi connectivity index (χ0n) is 21.1. The van der Waals surface area contributed by atoms with E-state index in [4.69, 9.17) is 0 Å². The maximum Gasteiger partial charge on any atom is 0.244 e. The van der Waals surface area contributed by atoms with Crippen molar-refractivity contribution >= 4 is 27.5 Å². The van der Waals surface area contributed by atoms with Crippen LogP contribution in [0.2, 0.25) is 0 Å². The van der Waals surface area contributed by atoms with Crippen molar-refractivity contribution in [2.75, 3.05) is 23.7 Å². The number of amides is 2. The van der Waals surface area contributed by atoms with Gasteiger partial charge in [0.25, 0.3) is 0 Å². The molecular weight excluding hydrogens is 450 g/mol. The van der Waals surface area contributed by atoms with E-state index in [0.29, 0.717) is 18.7 Å². The highest BCUT2D eigenvalue weighted by Crippen LogP contribution is 2.23. The average molecular weight is 488 g/mol. The normalized spacial score (nSPS) is 12.2. The van der Waals surface area contributed by atoms with E-state index in [2.05, 4.69) is 5.32 Å². The molecule has 7 nitrogen and oxygen atoms in total. The molecule has 1 atom stereocenters. The average Bonchev–Trinajstić information content (AvgIpc) is 2.78. The van der Waals surface area contributed by atoms with Crippen LogP contribution in [0.25, 0.3) is 0 Å². The molecule has 0 bridgehead atoms. The van der Waals surface area contributed by atoms with Gasteiger partial charge in [-0.3, -0.25) is 13.9 Å². The van der Waals surface area contributed by atoms with Gasteiger partial charge in [-0.05, 0) is 68.0 Å². The third-order valence-electron chi connectivity index (χ3n) is 5.99. The lowest BCUT2D eigenvalue weighted by Gasteiger charge is -2.33. The first kappa shape index (κ1) is 27.4. The standard InChI is InChI=1S/C26H37N3O4S/c1-7-15-27-26(31)24(8-2)28(17-22-12-10-9-11-20(22)4)25(30)18-29(34(6,32)33)23-14-13-19(3)21(5)16-23/h9-14,16,24H,7-8,15,17-18H2,1-6H3,(H,27,31). The molecule has 0 aliphatic rings. The van der Waals surface area contributed by atoms with Gasteiger partial charge in [-0.15, -0.1) is 0 Å². The molecule has 2 aromatic rings. The Labute approximate surface area is 204 Å². The highest BCUT2D eigenvalue weighted by atomic mass is 32.2. The Bertz CT molecular complexity index is 1110. The monoisotopic (exact) mass is 487 g/mol. The molecule has 2 amide bonds. The Kier molecular flexibility index (Phi) is 9.67. The number of hydrogen-bond acceptors (Lipinski definition) is 4. The second kappa shape index (κ2) is 12.0. The summed E-state index contributed by atoms with van der Waals surface area (Å²) in [5.74, 6) is -0.659. The van der Waals surface area contributed by atoms with Gasteiger partial charge in [-0.2, -0.15) is 0 Å². The smallest absolute Gasteiger partial charge is 0.244 e. The number of aryl methyl sites for hydroxylation is 3. The third kappa shape index (κ3) is 7.06. The molecule has 0 spiro atoms.